The van der Waals surface area contributed by atoms with Crippen LogP contribution >= 0.6 is 0 Å². The zero-order chi connectivity index (χ0) is 10.9. The average molecular weight is 231 g/mol. The van der Waals surface area contributed by atoms with Gasteiger partial charge in [-0.3, -0.25) is 0 Å². The molecule has 1 saturated carbocycles. The Labute approximate surface area is 92.9 Å². The van der Waals surface area contributed by atoms with Crippen LogP contribution < -0.4 is 0 Å². The van der Waals surface area contributed by atoms with Gasteiger partial charge in [0.2, 0.25) is 10.0 Å². The molecule has 2 fully saturated rings. The number of unbranched alkanes of at least 4 members (excludes halogenated alkanes) is 1. The Kier molecular flexibility index (Phi) is 3.08. The van der Waals surface area contributed by atoms with Crippen molar-refractivity contribution in [3.05, 3.63) is 0 Å². The first-order valence-electron chi connectivity index (χ1n) is 6.06. The standard InChI is InChI=1S/C11H21NO2S/c1-2-3-10-15(13,14)12-8-6-11(4-5-11)7-9-12/h2-10H2,1H3. The van der Waals surface area contributed by atoms with E-state index in [0.717, 1.165) is 38.8 Å². The summed E-state index contributed by atoms with van der Waals surface area (Å²) >= 11 is 0. The van der Waals surface area contributed by atoms with Crippen molar-refractivity contribution < 1.29 is 8.42 Å². The minimum absolute atomic E-state index is 0.344. The average Bonchev–Trinajstić information content (AvgIpc) is 2.96. The zero-order valence-corrected chi connectivity index (χ0v) is 10.4. The highest BCUT2D eigenvalue weighted by Crippen LogP contribution is 2.53. The van der Waals surface area contributed by atoms with Crippen molar-refractivity contribution in [3.8, 4) is 0 Å². The maximum atomic E-state index is 11.9. The first-order chi connectivity index (χ1) is 7.08. The van der Waals surface area contributed by atoms with E-state index in [1.54, 1.807) is 4.31 Å². The molecule has 0 bridgehead atoms. The highest BCUT2D eigenvalue weighted by atomic mass is 32.2. The van der Waals surface area contributed by atoms with Crippen LogP contribution in [0, 0.1) is 5.41 Å². The van der Waals surface area contributed by atoms with Crippen molar-refractivity contribution in [3.63, 3.8) is 0 Å². The van der Waals surface area contributed by atoms with Crippen LogP contribution in [0.1, 0.15) is 45.4 Å². The minimum Gasteiger partial charge on any atom is -0.212 e. The molecule has 15 heavy (non-hydrogen) atoms. The summed E-state index contributed by atoms with van der Waals surface area (Å²) in [4.78, 5) is 0. The SMILES string of the molecule is CCCCS(=O)(=O)N1CCC2(CC1)CC2. The highest BCUT2D eigenvalue weighted by Gasteiger charge is 2.45. The predicted molar refractivity (Wildman–Crippen MR) is 61.2 cm³/mol. The first-order valence-corrected chi connectivity index (χ1v) is 7.67. The lowest BCUT2D eigenvalue weighted by atomic mass is 9.95. The molecular weight excluding hydrogens is 210 g/mol. The number of hydrogen-bond donors (Lipinski definition) is 0. The Balaban J connectivity index is 1.88. The summed E-state index contributed by atoms with van der Waals surface area (Å²) in [5.41, 5.74) is 0.566. The normalized spacial score (nSPS) is 25.7. The van der Waals surface area contributed by atoms with Crippen LogP contribution in [0.5, 0.6) is 0 Å². The Morgan fingerprint density at radius 2 is 1.73 bits per heavy atom. The summed E-state index contributed by atoms with van der Waals surface area (Å²) in [6.45, 7) is 3.57. The van der Waals surface area contributed by atoms with Gasteiger partial charge in [0.15, 0.2) is 0 Å². The molecule has 1 saturated heterocycles. The van der Waals surface area contributed by atoms with E-state index in [2.05, 4.69) is 0 Å². The summed E-state index contributed by atoms with van der Waals surface area (Å²) in [7, 11) is -2.93. The summed E-state index contributed by atoms with van der Waals surface area (Å²) in [5, 5.41) is 0. The molecule has 1 heterocycles. The predicted octanol–water partition coefficient (Wildman–Crippen LogP) is 1.99. The Bertz CT molecular complexity index is 309. The number of sulfonamides is 1. The molecule has 0 aromatic rings. The van der Waals surface area contributed by atoms with Gasteiger partial charge in [-0.05, 0) is 37.5 Å². The number of piperidine rings is 1. The maximum Gasteiger partial charge on any atom is 0.214 e. The summed E-state index contributed by atoms with van der Waals surface area (Å²) in [5.74, 6) is 0.344. The Hall–Kier alpha value is -0.0900. The molecule has 0 aromatic heterocycles. The molecule has 1 aliphatic heterocycles. The van der Waals surface area contributed by atoms with E-state index in [9.17, 15) is 8.42 Å². The van der Waals surface area contributed by atoms with Gasteiger partial charge in [-0.15, -0.1) is 0 Å². The number of hydrogen-bond acceptors (Lipinski definition) is 2. The fraction of sp³-hybridized carbons (Fsp3) is 1.00. The van der Waals surface area contributed by atoms with Crippen molar-refractivity contribution in [2.24, 2.45) is 5.41 Å². The van der Waals surface area contributed by atoms with Crippen molar-refractivity contribution in [2.75, 3.05) is 18.8 Å². The van der Waals surface area contributed by atoms with Gasteiger partial charge >= 0.3 is 0 Å². The molecule has 0 aromatic carbocycles. The maximum absolute atomic E-state index is 11.9. The monoisotopic (exact) mass is 231 g/mol. The van der Waals surface area contributed by atoms with Gasteiger partial charge < -0.3 is 0 Å². The molecule has 3 nitrogen and oxygen atoms in total. The van der Waals surface area contributed by atoms with E-state index in [4.69, 9.17) is 0 Å². The molecule has 4 heteroatoms. The molecule has 88 valence electrons. The second kappa shape index (κ2) is 4.06. The first kappa shape index (κ1) is 11.4. The topological polar surface area (TPSA) is 37.4 Å². The molecule has 2 aliphatic rings. The second-order valence-electron chi connectivity index (χ2n) is 5.07. The lowest BCUT2D eigenvalue weighted by Gasteiger charge is -2.31. The summed E-state index contributed by atoms with van der Waals surface area (Å²) < 4.78 is 25.5. The van der Waals surface area contributed by atoms with E-state index >= 15 is 0 Å². The third kappa shape index (κ3) is 2.53. The van der Waals surface area contributed by atoms with Crippen LogP contribution in [0.3, 0.4) is 0 Å². The van der Waals surface area contributed by atoms with Gasteiger partial charge in [-0.25, -0.2) is 12.7 Å². The fourth-order valence-electron chi connectivity index (χ4n) is 2.37. The Morgan fingerprint density at radius 1 is 1.13 bits per heavy atom. The lowest BCUT2D eigenvalue weighted by molar-refractivity contribution is 0.258. The molecule has 0 atom stereocenters. The lowest BCUT2D eigenvalue weighted by Crippen LogP contribution is -2.40. The highest BCUT2D eigenvalue weighted by molar-refractivity contribution is 7.89. The van der Waals surface area contributed by atoms with Crippen LogP contribution in [0.2, 0.25) is 0 Å². The van der Waals surface area contributed by atoms with Crippen LogP contribution in [-0.4, -0.2) is 31.6 Å². The van der Waals surface area contributed by atoms with Crippen LogP contribution in [0.15, 0.2) is 0 Å². The van der Waals surface area contributed by atoms with Crippen molar-refractivity contribution in [2.45, 2.75) is 45.4 Å². The number of rotatable bonds is 4. The summed E-state index contributed by atoms with van der Waals surface area (Å²) in [6, 6.07) is 0. The quantitative estimate of drug-likeness (QED) is 0.742. The van der Waals surface area contributed by atoms with Gasteiger partial charge in [-0.2, -0.15) is 0 Å². The molecule has 1 spiro atoms. The van der Waals surface area contributed by atoms with Crippen molar-refractivity contribution in [1.29, 1.82) is 0 Å². The van der Waals surface area contributed by atoms with Crippen molar-refractivity contribution in [1.82, 2.24) is 4.31 Å². The van der Waals surface area contributed by atoms with Crippen LogP contribution in [0.25, 0.3) is 0 Å². The molecular formula is C11H21NO2S. The fourth-order valence-corrected chi connectivity index (χ4v) is 4.02. The summed E-state index contributed by atoms with van der Waals surface area (Å²) in [6.07, 6.45) is 6.60. The third-order valence-electron chi connectivity index (χ3n) is 3.89. The van der Waals surface area contributed by atoms with Crippen molar-refractivity contribution >= 4 is 10.0 Å². The van der Waals surface area contributed by atoms with Gasteiger partial charge in [0.1, 0.15) is 0 Å². The van der Waals surface area contributed by atoms with E-state index < -0.39 is 10.0 Å². The van der Waals surface area contributed by atoms with E-state index in [1.165, 1.54) is 12.8 Å². The van der Waals surface area contributed by atoms with E-state index in [1.807, 2.05) is 6.92 Å². The second-order valence-corrected chi connectivity index (χ2v) is 7.16. The van der Waals surface area contributed by atoms with Gasteiger partial charge in [0, 0.05) is 13.1 Å². The molecule has 0 radical (unpaired) electrons. The molecule has 0 amide bonds. The molecule has 0 N–H and O–H groups in total. The number of nitrogens with zero attached hydrogens (tertiary/aromatic N) is 1. The van der Waals surface area contributed by atoms with Gasteiger partial charge in [0.25, 0.3) is 0 Å². The third-order valence-corrected chi connectivity index (χ3v) is 5.85. The van der Waals surface area contributed by atoms with E-state index in [0.29, 0.717) is 11.2 Å². The Morgan fingerprint density at radius 3 is 2.20 bits per heavy atom. The zero-order valence-electron chi connectivity index (χ0n) is 9.54. The largest absolute Gasteiger partial charge is 0.214 e. The van der Waals surface area contributed by atoms with Crippen LogP contribution in [0.4, 0.5) is 0 Å². The molecule has 0 unspecified atom stereocenters. The smallest absolute Gasteiger partial charge is 0.212 e. The minimum atomic E-state index is -2.93. The van der Waals surface area contributed by atoms with E-state index in [-0.39, 0.29) is 0 Å². The van der Waals surface area contributed by atoms with Gasteiger partial charge in [0.05, 0.1) is 5.75 Å². The van der Waals surface area contributed by atoms with Crippen LogP contribution in [-0.2, 0) is 10.0 Å². The molecule has 1 aliphatic carbocycles. The molecule has 2 rings (SSSR count). The van der Waals surface area contributed by atoms with Gasteiger partial charge in [-0.1, -0.05) is 13.3 Å².